The van der Waals surface area contributed by atoms with Gasteiger partial charge in [-0.15, -0.1) is 0 Å². The van der Waals surface area contributed by atoms with Gasteiger partial charge in [0.1, 0.15) is 11.6 Å². The van der Waals surface area contributed by atoms with Gasteiger partial charge in [0.05, 0.1) is 5.56 Å². The number of carbonyl (C=O) groups excluding carboxylic acids is 2. The Balaban J connectivity index is 1.95. The molecule has 0 unspecified atom stereocenters. The number of anilines is 2. The van der Waals surface area contributed by atoms with Crippen LogP contribution >= 0.6 is 0 Å². The Labute approximate surface area is 145 Å². The third-order valence-electron chi connectivity index (χ3n) is 3.42. The van der Waals surface area contributed by atoms with E-state index >= 15 is 0 Å². The smallest absolute Gasteiger partial charge is 0.319 e. The van der Waals surface area contributed by atoms with Gasteiger partial charge in [-0.25, -0.2) is 14.2 Å². The number of benzene rings is 1. The second-order valence-corrected chi connectivity index (χ2v) is 5.50. The van der Waals surface area contributed by atoms with Crippen LogP contribution in [0.15, 0.2) is 36.5 Å². The van der Waals surface area contributed by atoms with Gasteiger partial charge in [0.2, 0.25) is 0 Å². The number of halogens is 1. The summed E-state index contributed by atoms with van der Waals surface area (Å²) >= 11 is 0. The first-order valence-corrected chi connectivity index (χ1v) is 7.59. The standard InChI is InChI=1S/C17H20FN5O2/c1-19-16(24)13-8-12(5-6-14(13)18)22-17(25)21-10-11-4-7-15(20-9-11)23(2)3/h4-9H,10H2,1-3H3,(H,19,24)(H2,21,22,25). The number of nitrogens with zero attached hydrogens (tertiary/aromatic N) is 2. The van der Waals surface area contributed by atoms with Crippen LogP contribution in [0, 0.1) is 5.82 Å². The number of hydrogen-bond donors (Lipinski definition) is 3. The van der Waals surface area contributed by atoms with Gasteiger partial charge < -0.3 is 20.9 Å². The number of hydrogen-bond acceptors (Lipinski definition) is 4. The summed E-state index contributed by atoms with van der Waals surface area (Å²) in [5, 5.41) is 7.58. The molecule has 0 saturated heterocycles. The van der Waals surface area contributed by atoms with Crippen molar-refractivity contribution < 1.29 is 14.0 Å². The molecule has 3 amide bonds. The van der Waals surface area contributed by atoms with Gasteiger partial charge in [-0.1, -0.05) is 6.07 Å². The normalized spacial score (nSPS) is 10.1. The van der Waals surface area contributed by atoms with Crippen LogP contribution < -0.4 is 20.9 Å². The van der Waals surface area contributed by atoms with Crippen LogP contribution in [-0.4, -0.2) is 38.1 Å². The monoisotopic (exact) mass is 345 g/mol. The molecule has 1 aromatic carbocycles. The van der Waals surface area contributed by atoms with E-state index in [2.05, 4.69) is 20.9 Å². The molecule has 0 saturated carbocycles. The fourth-order valence-corrected chi connectivity index (χ4v) is 2.06. The molecular weight excluding hydrogens is 325 g/mol. The Bertz CT molecular complexity index is 762. The summed E-state index contributed by atoms with van der Waals surface area (Å²) in [6, 6.07) is 7.04. The number of carbonyl (C=O) groups is 2. The van der Waals surface area contributed by atoms with Crippen molar-refractivity contribution in [3.63, 3.8) is 0 Å². The van der Waals surface area contributed by atoms with E-state index in [0.717, 1.165) is 17.4 Å². The molecule has 3 N–H and O–H groups in total. The maximum absolute atomic E-state index is 13.6. The Kier molecular flexibility index (Phi) is 5.89. The Morgan fingerprint density at radius 3 is 2.56 bits per heavy atom. The predicted molar refractivity (Wildman–Crippen MR) is 94.2 cm³/mol. The molecule has 0 atom stereocenters. The lowest BCUT2D eigenvalue weighted by molar-refractivity contribution is 0.0959. The lowest BCUT2D eigenvalue weighted by atomic mass is 10.1. The van der Waals surface area contributed by atoms with Crippen molar-refractivity contribution in [2.24, 2.45) is 0 Å². The van der Waals surface area contributed by atoms with Gasteiger partial charge in [0.25, 0.3) is 5.91 Å². The molecule has 0 radical (unpaired) electrons. The maximum atomic E-state index is 13.6. The van der Waals surface area contributed by atoms with Crippen LogP contribution in [0.4, 0.5) is 20.7 Å². The Morgan fingerprint density at radius 1 is 1.20 bits per heavy atom. The van der Waals surface area contributed by atoms with E-state index in [4.69, 9.17) is 0 Å². The summed E-state index contributed by atoms with van der Waals surface area (Å²) in [6.07, 6.45) is 1.68. The largest absolute Gasteiger partial charge is 0.363 e. The lowest BCUT2D eigenvalue weighted by Crippen LogP contribution is -2.28. The van der Waals surface area contributed by atoms with E-state index < -0.39 is 17.8 Å². The molecule has 0 fully saturated rings. The fraction of sp³-hybridized carbons (Fsp3) is 0.235. The molecule has 0 spiro atoms. The van der Waals surface area contributed by atoms with Crippen LogP contribution in [0.25, 0.3) is 0 Å². The second-order valence-electron chi connectivity index (χ2n) is 5.50. The van der Waals surface area contributed by atoms with Crippen LogP contribution in [0.5, 0.6) is 0 Å². The van der Waals surface area contributed by atoms with Gasteiger partial charge in [-0.05, 0) is 29.8 Å². The molecule has 8 heteroatoms. The summed E-state index contributed by atoms with van der Waals surface area (Å²) in [6.45, 7) is 0.288. The first-order chi connectivity index (χ1) is 11.9. The molecule has 132 valence electrons. The SMILES string of the molecule is CNC(=O)c1cc(NC(=O)NCc2ccc(N(C)C)nc2)ccc1F. The average molecular weight is 345 g/mol. The third kappa shape index (κ3) is 4.90. The molecule has 0 bridgehead atoms. The molecule has 25 heavy (non-hydrogen) atoms. The summed E-state index contributed by atoms with van der Waals surface area (Å²) < 4.78 is 13.6. The van der Waals surface area contributed by atoms with Gasteiger partial charge in [-0.3, -0.25) is 4.79 Å². The highest BCUT2D eigenvalue weighted by atomic mass is 19.1. The summed E-state index contributed by atoms with van der Waals surface area (Å²) in [4.78, 5) is 29.7. The van der Waals surface area contributed by atoms with Crippen LogP contribution in [-0.2, 0) is 6.54 Å². The molecule has 1 aromatic heterocycles. The Morgan fingerprint density at radius 2 is 1.96 bits per heavy atom. The van der Waals surface area contributed by atoms with Crippen LogP contribution in [0.3, 0.4) is 0 Å². The molecule has 0 aliphatic rings. The van der Waals surface area contributed by atoms with E-state index in [-0.39, 0.29) is 12.1 Å². The molecule has 2 rings (SSSR count). The molecule has 2 aromatic rings. The predicted octanol–water partition coefficient (Wildman–Crippen LogP) is 1.97. The third-order valence-corrected chi connectivity index (χ3v) is 3.42. The van der Waals surface area contributed by atoms with Crippen LogP contribution in [0.1, 0.15) is 15.9 Å². The number of aromatic nitrogens is 1. The zero-order valence-corrected chi connectivity index (χ0v) is 14.3. The van der Waals surface area contributed by atoms with E-state index in [1.54, 1.807) is 6.20 Å². The number of pyridine rings is 1. The number of rotatable bonds is 5. The summed E-state index contributed by atoms with van der Waals surface area (Å²) in [7, 11) is 5.19. The minimum absolute atomic E-state index is 0.135. The summed E-state index contributed by atoms with van der Waals surface area (Å²) in [5.41, 5.74) is 1.02. The lowest BCUT2D eigenvalue weighted by Gasteiger charge is -2.12. The minimum Gasteiger partial charge on any atom is -0.363 e. The quantitative estimate of drug-likeness (QED) is 0.773. The van der Waals surface area contributed by atoms with E-state index in [1.807, 2.05) is 31.1 Å². The molecule has 1 heterocycles. The van der Waals surface area contributed by atoms with Gasteiger partial charge >= 0.3 is 6.03 Å². The minimum atomic E-state index is -0.655. The van der Waals surface area contributed by atoms with Gasteiger partial charge in [0, 0.05) is 39.6 Å². The molecule has 0 aliphatic carbocycles. The van der Waals surface area contributed by atoms with Gasteiger partial charge in [-0.2, -0.15) is 0 Å². The van der Waals surface area contributed by atoms with Crippen molar-refractivity contribution in [1.82, 2.24) is 15.6 Å². The number of amides is 3. The van der Waals surface area contributed by atoms with Gasteiger partial charge in [0.15, 0.2) is 0 Å². The zero-order valence-electron chi connectivity index (χ0n) is 14.3. The highest BCUT2D eigenvalue weighted by molar-refractivity contribution is 5.97. The maximum Gasteiger partial charge on any atom is 0.319 e. The number of nitrogens with one attached hydrogen (secondary N) is 3. The highest BCUT2D eigenvalue weighted by Gasteiger charge is 2.12. The first-order valence-electron chi connectivity index (χ1n) is 7.59. The van der Waals surface area contributed by atoms with Crippen molar-refractivity contribution >= 4 is 23.4 Å². The highest BCUT2D eigenvalue weighted by Crippen LogP contribution is 2.15. The second kappa shape index (κ2) is 8.09. The fourth-order valence-electron chi connectivity index (χ4n) is 2.06. The average Bonchev–Trinajstić information content (AvgIpc) is 2.61. The van der Waals surface area contributed by atoms with Crippen molar-refractivity contribution in [2.75, 3.05) is 31.4 Å². The molecule has 0 aliphatic heterocycles. The van der Waals surface area contributed by atoms with Crippen molar-refractivity contribution in [1.29, 1.82) is 0 Å². The molecular formula is C17H20FN5O2. The van der Waals surface area contributed by atoms with E-state index in [9.17, 15) is 14.0 Å². The van der Waals surface area contributed by atoms with Crippen molar-refractivity contribution in [2.45, 2.75) is 6.54 Å². The first kappa shape index (κ1) is 18.2. The Hall–Kier alpha value is -3.16. The topological polar surface area (TPSA) is 86.4 Å². The van der Waals surface area contributed by atoms with Crippen LogP contribution in [0.2, 0.25) is 0 Å². The molecule has 7 nitrogen and oxygen atoms in total. The van der Waals surface area contributed by atoms with E-state index in [1.165, 1.54) is 19.2 Å². The van der Waals surface area contributed by atoms with E-state index in [0.29, 0.717) is 5.69 Å². The zero-order chi connectivity index (χ0) is 18.4. The summed E-state index contributed by atoms with van der Waals surface area (Å²) in [5.74, 6) is -0.396. The van der Waals surface area contributed by atoms with Crippen molar-refractivity contribution in [3.8, 4) is 0 Å². The van der Waals surface area contributed by atoms with Crippen molar-refractivity contribution in [3.05, 3.63) is 53.5 Å². The number of urea groups is 1.